The van der Waals surface area contributed by atoms with Crippen molar-refractivity contribution in [2.45, 2.75) is 46.1 Å². The van der Waals surface area contributed by atoms with Gasteiger partial charge in [-0.25, -0.2) is 0 Å². The highest BCUT2D eigenvalue weighted by Crippen LogP contribution is 2.38. The first-order valence-electron chi connectivity index (χ1n) is 10.0. The molecule has 0 heterocycles. The maximum Gasteiger partial charge on any atom is 0.302 e. The van der Waals surface area contributed by atoms with E-state index >= 15 is 0 Å². The van der Waals surface area contributed by atoms with Crippen molar-refractivity contribution in [3.8, 4) is 0 Å². The number of esters is 1. The van der Waals surface area contributed by atoms with Crippen LogP contribution in [0.25, 0.3) is 5.57 Å². The fraction of sp³-hybridized carbons (Fsp3) is 0.400. The first-order chi connectivity index (χ1) is 13.0. The molecule has 1 fully saturated rings. The molecule has 1 aliphatic rings. The third-order valence-corrected chi connectivity index (χ3v) is 5.70. The summed E-state index contributed by atoms with van der Waals surface area (Å²) in [4.78, 5) is 11.6. The number of allylic oxidation sites excluding steroid dienone is 1. The Morgan fingerprint density at radius 2 is 1.56 bits per heavy atom. The van der Waals surface area contributed by atoms with Gasteiger partial charge < -0.3 is 4.74 Å². The molecule has 1 saturated carbocycles. The van der Waals surface area contributed by atoms with Gasteiger partial charge in [-0.15, -0.1) is 0 Å². The second-order valence-corrected chi connectivity index (χ2v) is 7.90. The van der Waals surface area contributed by atoms with Crippen LogP contribution >= 0.6 is 0 Å². The normalized spacial score (nSPS) is 23.3. The zero-order valence-corrected chi connectivity index (χ0v) is 16.6. The summed E-state index contributed by atoms with van der Waals surface area (Å²) in [7, 11) is 0. The summed E-state index contributed by atoms with van der Waals surface area (Å²) >= 11 is 0. The SMILES string of the molecule is CC(=O)O[C@@H]1C[C@H](C)CC[C@H]1C(C)C=C(c1ccccc1)c1ccccc1. The summed E-state index contributed by atoms with van der Waals surface area (Å²) in [5.41, 5.74) is 3.71. The number of carbonyl (C=O) groups is 1. The van der Waals surface area contributed by atoms with Crippen LogP contribution in [-0.4, -0.2) is 12.1 Å². The third-order valence-electron chi connectivity index (χ3n) is 5.70. The topological polar surface area (TPSA) is 26.3 Å². The number of hydrogen-bond donors (Lipinski definition) is 0. The van der Waals surface area contributed by atoms with Gasteiger partial charge in [0.15, 0.2) is 0 Å². The monoisotopic (exact) mass is 362 g/mol. The van der Waals surface area contributed by atoms with E-state index in [2.05, 4.69) is 80.6 Å². The maximum absolute atomic E-state index is 11.6. The van der Waals surface area contributed by atoms with Crippen molar-refractivity contribution in [1.29, 1.82) is 0 Å². The Bertz CT molecular complexity index is 722. The van der Waals surface area contributed by atoms with Crippen molar-refractivity contribution >= 4 is 11.5 Å². The quantitative estimate of drug-likeness (QED) is 0.599. The Labute approximate surface area is 163 Å². The van der Waals surface area contributed by atoms with Gasteiger partial charge >= 0.3 is 5.97 Å². The average molecular weight is 363 g/mol. The lowest BCUT2D eigenvalue weighted by Crippen LogP contribution is -2.35. The third kappa shape index (κ3) is 5.09. The molecule has 27 heavy (non-hydrogen) atoms. The Morgan fingerprint density at radius 1 is 1.00 bits per heavy atom. The van der Waals surface area contributed by atoms with Crippen molar-refractivity contribution in [3.05, 3.63) is 77.9 Å². The van der Waals surface area contributed by atoms with Crippen LogP contribution in [0.2, 0.25) is 0 Å². The zero-order chi connectivity index (χ0) is 19.2. The molecule has 2 aromatic rings. The number of rotatable bonds is 5. The Balaban J connectivity index is 1.92. The van der Waals surface area contributed by atoms with Crippen LogP contribution in [0.5, 0.6) is 0 Å². The summed E-state index contributed by atoms with van der Waals surface area (Å²) in [5.74, 6) is 1.15. The Hall–Kier alpha value is -2.35. The summed E-state index contributed by atoms with van der Waals surface area (Å²) in [5, 5.41) is 0. The van der Waals surface area contributed by atoms with E-state index in [1.54, 1.807) is 0 Å². The summed E-state index contributed by atoms with van der Waals surface area (Å²) in [6.07, 6.45) is 5.67. The van der Waals surface area contributed by atoms with Crippen molar-refractivity contribution in [2.75, 3.05) is 0 Å². The van der Waals surface area contributed by atoms with Gasteiger partial charge in [0.05, 0.1) is 0 Å². The van der Waals surface area contributed by atoms with Crippen LogP contribution in [0.1, 0.15) is 51.2 Å². The first kappa shape index (κ1) is 19.4. The number of hydrogen-bond acceptors (Lipinski definition) is 2. The highest BCUT2D eigenvalue weighted by Gasteiger charge is 2.34. The molecule has 1 aliphatic carbocycles. The van der Waals surface area contributed by atoms with Gasteiger partial charge in [0.1, 0.15) is 6.10 Å². The van der Waals surface area contributed by atoms with E-state index in [9.17, 15) is 4.79 Å². The van der Waals surface area contributed by atoms with Gasteiger partial charge in [0.25, 0.3) is 0 Å². The highest BCUT2D eigenvalue weighted by atomic mass is 16.5. The van der Waals surface area contributed by atoms with Crippen molar-refractivity contribution in [3.63, 3.8) is 0 Å². The molecule has 0 bridgehead atoms. The minimum Gasteiger partial charge on any atom is -0.462 e. The van der Waals surface area contributed by atoms with Gasteiger partial charge in [-0.1, -0.05) is 87.0 Å². The highest BCUT2D eigenvalue weighted by molar-refractivity contribution is 5.79. The van der Waals surface area contributed by atoms with Crippen LogP contribution in [0, 0.1) is 17.8 Å². The van der Waals surface area contributed by atoms with E-state index in [0.29, 0.717) is 17.8 Å². The van der Waals surface area contributed by atoms with Gasteiger partial charge in [0.2, 0.25) is 0 Å². The molecule has 3 rings (SSSR count). The molecule has 0 radical (unpaired) electrons. The Kier molecular flexibility index (Phi) is 6.49. The van der Waals surface area contributed by atoms with Crippen LogP contribution in [-0.2, 0) is 9.53 Å². The molecule has 0 spiro atoms. The fourth-order valence-corrected chi connectivity index (χ4v) is 4.28. The van der Waals surface area contributed by atoms with Gasteiger partial charge in [0, 0.05) is 12.8 Å². The van der Waals surface area contributed by atoms with E-state index < -0.39 is 0 Å². The lowest BCUT2D eigenvalue weighted by atomic mass is 9.74. The molecule has 4 atom stereocenters. The van der Waals surface area contributed by atoms with Gasteiger partial charge in [-0.2, -0.15) is 0 Å². The van der Waals surface area contributed by atoms with Crippen LogP contribution < -0.4 is 0 Å². The van der Waals surface area contributed by atoms with E-state index in [1.165, 1.54) is 30.0 Å². The molecule has 0 saturated heterocycles. The second-order valence-electron chi connectivity index (χ2n) is 7.90. The fourth-order valence-electron chi connectivity index (χ4n) is 4.28. The van der Waals surface area contributed by atoms with Crippen molar-refractivity contribution in [1.82, 2.24) is 0 Å². The molecule has 142 valence electrons. The largest absolute Gasteiger partial charge is 0.462 e. The minimum atomic E-state index is -0.165. The molecule has 2 aromatic carbocycles. The Morgan fingerprint density at radius 3 is 2.07 bits per heavy atom. The zero-order valence-electron chi connectivity index (χ0n) is 16.6. The molecule has 2 nitrogen and oxygen atoms in total. The smallest absolute Gasteiger partial charge is 0.302 e. The second kappa shape index (κ2) is 9.03. The predicted molar refractivity (Wildman–Crippen MR) is 111 cm³/mol. The molecule has 0 amide bonds. The number of benzene rings is 2. The van der Waals surface area contributed by atoms with E-state index in [-0.39, 0.29) is 12.1 Å². The lowest BCUT2D eigenvalue weighted by molar-refractivity contribution is -0.152. The number of carbonyl (C=O) groups excluding carboxylic acids is 1. The summed E-state index contributed by atoms with van der Waals surface area (Å²) in [6, 6.07) is 21.1. The van der Waals surface area contributed by atoms with Crippen molar-refractivity contribution in [2.24, 2.45) is 17.8 Å². The van der Waals surface area contributed by atoms with Crippen LogP contribution in [0.3, 0.4) is 0 Å². The predicted octanol–water partition coefficient (Wildman–Crippen LogP) is 6.12. The van der Waals surface area contributed by atoms with Gasteiger partial charge in [-0.3, -0.25) is 4.79 Å². The van der Waals surface area contributed by atoms with Crippen LogP contribution in [0.15, 0.2) is 66.7 Å². The van der Waals surface area contributed by atoms with Crippen molar-refractivity contribution < 1.29 is 9.53 Å². The number of ether oxygens (including phenoxy) is 1. The molecule has 0 aromatic heterocycles. The lowest BCUT2D eigenvalue weighted by Gasteiger charge is -2.37. The molecular weight excluding hydrogens is 332 g/mol. The summed E-state index contributed by atoms with van der Waals surface area (Å²) < 4.78 is 5.72. The van der Waals surface area contributed by atoms with Crippen LogP contribution in [0.4, 0.5) is 0 Å². The standard InChI is InChI=1S/C25H30O2/c1-18-14-15-23(25(16-18)27-20(3)26)19(2)17-24(21-10-6-4-7-11-21)22-12-8-5-9-13-22/h4-13,17-19,23,25H,14-16H2,1-3H3/t18-,19?,23+,25-/m1/s1. The average Bonchev–Trinajstić information content (AvgIpc) is 2.67. The molecule has 2 heteroatoms. The maximum atomic E-state index is 11.6. The minimum absolute atomic E-state index is 0.0188. The molecule has 1 unspecified atom stereocenters. The van der Waals surface area contributed by atoms with E-state index in [0.717, 1.165) is 12.8 Å². The first-order valence-corrected chi connectivity index (χ1v) is 10.0. The summed E-state index contributed by atoms with van der Waals surface area (Å²) in [6.45, 7) is 6.05. The molecule has 0 aliphatic heterocycles. The van der Waals surface area contributed by atoms with E-state index in [1.807, 2.05) is 0 Å². The van der Waals surface area contributed by atoms with Gasteiger partial charge in [-0.05, 0) is 41.4 Å². The molecule has 0 N–H and O–H groups in total. The molecular formula is C25H30O2. The van der Waals surface area contributed by atoms with E-state index in [4.69, 9.17) is 4.74 Å².